The number of hydrogen-bond donors (Lipinski definition) is 4. The molecule has 9 heteroatoms. The van der Waals surface area contributed by atoms with E-state index in [4.69, 9.17) is 4.74 Å². The number of nitrogens with zero attached hydrogens (tertiary/aromatic N) is 1. The monoisotopic (exact) mass is 480 g/mol. The van der Waals surface area contributed by atoms with E-state index >= 15 is 0 Å². The minimum absolute atomic E-state index is 0.315. The zero-order valence-corrected chi connectivity index (χ0v) is 19.9. The third-order valence-electron chi connectivity index (χ3n) is 5.46. The molecule has 178 valence electrons. The van der Waals surface area contributed by atoms with Gasteiger partial charge in [0.2, 0.25) is 10.0 Å². The molecule has 4 rings (SSSR count). The number of aromatic amines is 1. The van der Waals surface area contributed by atoms with E-state index in [0.29, 0.717) is 30.9 Å². The quantitative estimate of drug-likeness (QED) is 0.258. The van der Waals surface area contributed by atoms with Crippen LogP contribution in [0.2, 0.25) is 0 Å². The van der Waals surface area contributed by atoms with Crippen molar-refractivity contribution >= 4 is 26.6 Å². The van der Waals surface area contributed by atoms with Gasteiger partial charge in [-0.15, -0.1) is 0 Å². The number of fused-ring (bicyclic) bond motifs is 1. The van der Waals surface area contributed by atoms with Crippen LogP contribution in [0.3, 0.4) is 0 Å². The molecule has 4 N–H and O–H groups in total. The predicted molar refractivity (Wildman–Crippen MR) is 134 cm³/mol. The van der Waals surface area contributed by atoms with E-state index in [1.54, 1.807) is 36.7 Å². The largest absolute Gasteiger partial charge is 0.492 e. The molecule has 0 aliphatic rings. The lowest BCUT2D eigenvalue weighted by Crippen LogP contribution is -2.26. The number of aliphatic hydroxyl groups is 1. The van der Waals surface area contributed by atoms with Crippen LogP contribution in [0, 0.1) is 6.92 Å². The Kier molecular flexibility index (Phi) is 7.16. The summed E-state index contributed by atoms with van der Waals surface area (Å²) in [5.41, 5.74) is 5.39. The van der Waals surface area contributed by atoms with E-state index in [9.17, 15) is 13.5 Å². The SMILES string of the molecule is Cc1c(-c2ccncc2)[nH]c2cc(OCCNC[C@H](O)c3cccc(NS(C)(=O)=O)c3)ccc12. The van der Waals surface area contributed by atoms with Gasteiger partial charge in [0.15, 0.2) is 0 Å². The van der Waals surface area contributed by atoms with Gasteiger partial charge >= 0.3 is 0 Å². The summed E-state index contributed by atoms with van der Waals surface area (Å²) in [6.45, 7) is 3.39. The van der Waals surface area contributed by atoms with Crippen LogP contribution >= 0.6 is 0 Å². The van der Waals surface area contributed by atoms with E-state index in [1.807, 2.05) is 24.3 Å². The summed E-state index contributed by atoms with van der Waals surface area (Å²) in [6.07, 6.45) is 3.88. The van der Waals surface area contributed by atoms with Crippen LogP contribution in [0.1, 0.15) is 17.2 Å². The highest BCUT2D eigenvalue weighted by atomic mass is 32.2. The molecule has 8 nitrogen and oxygen atoms in total. The average Bonchev–Trinajstić information content (AvgIpc) is 3.14. The molecular weight excluding hydrogens is 452 g/mol. The van der Waals surface area contributed by atoms with Crippen molar-refractivity contribution in [3.05, 3.63) is 78.1 Å². The van der Waals surface area contributed by atoms with Gasteiger partial charge in [-0.25, -0.2) is 8.42 Å². The number of nitrogens with one attached hydrogen (secondary N) is 3. The van der Waals surface area contributed by atoms with Crippen molar-refractivity contribution in [2.45, 2.75) is 13.0 Å². The van der Waals surface area contributed by atoms with Gasteiger partial charge in [0.05, 0.1) is 12.4 Å². The van der Waals surface area contributed by atoms with Gasteiger partial charge < -0.3 is 20.1 Å². The van der Waals surface area contributed by atoms with Crippen molar-refractivity contribution < 1.29 is 18.3 Å². The lowest BCUT2D eigenvalue weighted by atomic mass is 10.1. The molecule has 0 fully saturated rings. The van der Waals surface area contributed by atoms with Crippen LogP contribution in [-0.4, -0.2) is 49.4 Å². The summed E-state index contributed by atoms with van der Waals surface area (Å²) >= 11 is 0. The van der Waals surface area contributed by atoms with Crippen molar-refractivity contribution in [2.24, 2.45) is 0 Å². The normalized spacial score (nSPS) is 12.6. The minimum atomic E-state index is -3.37. The summed E-state index contributed by atoms with van der Waals surface area (Å²) in [7, 11) is -3.37. The topological polar surface area (TPSA) is 116 Å². The molecule has 2 heterocycles. The predicted octanol–water partition coefficient (Wildman–Crippen LogP) is 3.61. The number of rotatable bonds is 10. The third-order valence-corrected chi connectivity index (χ3v) is 6.07. The Morgan fingerprint density at radius 3 is 2.68 bits per heavy atom. The number of sulfonamides is 1. The summed E-state index contributed by atoms with van der Waals surface area (Å²) in [4.78, 5) is 7.56. The van der Waals surface area contributed by atoms with Crippen molar-refractivity contribution in [2.75, 3.05) is 30.7 Å². The number of H-pyrrole nitrogens is 1. The fourth-order valence-electron chi connectivity index (χ4n) is 3.84. The molecule has 4 aromatic rings. The Hall–Kier alpha value is -3.40. The molecule has 0 amide bonds. The second-order valence-electron chi connectivity index (χ2n) is 8.14. The highest BCUT2D eigenvalue weighted by Gasteiger charge is 2.11. The molecule has 0 saturated carbocycles. The number of aryl methyl sites for hydroxylation is 1. The fourth-order valence-corrected chi connectivity index (χ4v) is 4.39. The summed E-state index contributed by atoms with van der Waals surface area (Å²) in [5, 5.41) is 14.7. The van der Waals surface area contributed by atoms with Crippen LogP contribution in [0.5, 0.6) is 5.75 Å². The van der Waals surface area contributed by atoms with E-state index in [-0.39, 0.29) is 0 Å². The molecule has 0 saturated heterocycles. The molecule has 0 bridgehead atoms. The Bertz CT molecular complexity index is 1370. The van der Waals surface area contributed by atoms with Crippen molar-refractivity contribution in [3.8, 4) is 17.0 Å². The van der Waals surface area contributed by atoms with E-state index in [2.05, 4.69) is 33.0 Å². The number of hydrogen-bond acceptors (Lipinski definition) is 6. The smallest absolute Gasteiger partial charge is 0.229 e. The van der Waals surface area contributed by atoms with Crippen molar-refractivity contribution in [1.82, 2.24) is 15.3 Å². The van der Waals surface area contributed by atoms with Gasteiger partial charge in [-0.1, -0.05) is 12.1 Å². The molecule has 2 aromatic heterocycles. The average molecular weight is 481 g/mol. The zero-order valence-electron chi connectivity index (χ0n) is 19.1. The molecule has 0 unspecified atom stereocenters. The second kappa shape index (κ2) is 10.3. The van der Waals surface area contributed by atoms with Crippen LogP contribution in [0.25, 0.3) is 22.2 Å². The highest BCUT2D eigenvalue weighted by Crippen LogP contribution is 2.31. The first-order valence-electron chi connectivity index (χ1n) is 10.9. The minimum Gasteiger partial charge on any atom is -0.492 e. The first-order chi connectivity index (χ1) is 16.3. The zero-order chi connectivity index (χ0) is 24.1. The maximum atomic E-state index is 11.4. The molecule has 0 spiro atoms. The third kappa shape index (κ3) is 5.93. The Morgan fingerprint density at radius 1 is 1.12 bits per heavy atom. The maximum Gasteiger partial charge on any atom is 0.229 e. The van der Waals surface area contributed by atoms with Gasteiger partial charge in [-0.05, 0) is 54.4 Å². The number of aromatic nitrogens is 2. The number of aliphatic hydroxyl groups excluding tert-OH is 1. The van der Waals surface area contributed by atoms with Gasteiger partial charge in [0.1, 0.15) is 12.4 Å². The summed E-state index contributed by atoms with van der Waals surface area (Å²) < 4.78 is 31.1. The van der Waals surface area contributed by atoms with Crippen LogP contribution in [-0.2, 0) is 10.0 Å². The first kappa shape index (κ1) is 23.7. The van der Waals surface area contributed by atoms with Crippen molar-refractivity contribution in [1.29, 1.82) is 0 Å². The Morgan fingerprint density at radius 2 is 1.91 bits per heavy atom. The number of ether oxygens (including phenoxy) is 1. The molecular formula is C25H28N4O4S. The molecule has 0 aliphatic carbocycles. The number of anilines is 1. The van der Waals surface area contributed by atoms with Gasteiger partial charge in [0, 0.05) is 59.4 Å². The standard InChI is InChI=1S/C25H28N4O4S/c1-17-22-7-6-21(15-23(22)28-25(17)18-8-10-26-11-9-18)33-13-12-27-16-24(30)19-4-3-5-20(14-19)29-34(2,31)32/h3-11,14-15,24,27-30H,12-13,16H2,1-2H3/t24-/m0/s1. The van der Waals surface area contributed by atoms with Crippen molar-refractivity contribution in [3.63, 3.8) is 0 Å². The van der Waals surface area contributed by atoms with Gasteiger partial charge in [-0.3, -0.25) is 9.71 Å². The molecule has 0 aliphatic heterocycles. The van der Waals surface area contributed by atoms with E-state index in [0.717, 1.165) is 34.2 Å². The summed E-state index contributed by atoms with van der Waals surface area (Å²) in [5.74, 6) is 0.761. The van der Waals surface area contributed by atoms with Crippen LogP contribution in [0.15, 0.2) is 67.0 Å². The van der Waals surface area contributed by atoms with E-state index < -0.39 is 16.1 Å². The van der Waals surface area contributed by atoms with E-state index in [1.165, 1.54) is 5.56 Å². The fraction of sp³-hybridized carbons (Fsp3) is 0.240. The molecule has 34 heavy (non-hydrogen) atoms. The van der Waals surface area contributed by atoms with Gasteiger partial charge in [0.25, 0.3) is 0 Å². The second-order valence-corrected chi connectivity index (χ2v) is 9.88. The number of pyridine rings is 1. The molecule has 1 atom stereocenters. The Balaban J connectivity index is 1.29. The highest BCUT2D eigenvalue weighted by molar-refractivity contribution is 7.92. The molecule has 0 radical (unpaired) electrons. The maximum absolute atomic E-state index is 11.4. The lowest BCUT2D eigenvalue weighted by Gasteiger charge is -2.14. The van der Waals surface area contributed by atoms with Crippen LogP contribution in [0.4, 0.5) is 5.69 Å². The van der Waals surface area contributed by atoms with Gasteiger partial charge in [-0.2, -0.15) is 0 Å². The molecule has 2 aromatic carbocycles. The Labute approximate surface area is 199 Å². The lowest BCUT2D eigenvalue weighted by molar-refractivity contribution is 0.172. The number of benzene rings is 2. The van der Waals surface area contributed by atoms with Crippen LogP contribution < -0.4 is 14.8 Å². The summed E-state index contributed by atoms with van der Waals surface area (Å²) in [6, 6.07) is 16.7. The first-order valence-corrected chi connectivity index (χ1v) is 12.8.